The van der Waals surface area contributed by atoms with Gasteiger partial charge in [0.1, 0.15) is 0 Å². The first kappa shape index (κ1) is 17.3. The summed E-state index contributed by atoms with van der Waals surface area (Å²) in [7, 11) is 0. The van der Waals surface area contributed by atoms with Gasteiger partial charge in [0.15, 0.2) is 0 Å². The van der Waals surface area contributed by atoms with Crippen molar-refractivity contribution in [3.63, 3.8) is 0 Å². The number of imide groups is 1. The Bertz CT molecular complexity index is 414. The van der Waals surface area contributed by atoms with Gasteiger partial charge in [-0.3, -0.25) is 19.3 Å². The lowest BCUT2D eigenvalue weighted by Gasteiger charge is -2.24. The summed E-state index contributed by atoms with van der Waals surface area (Å²) in [5, 5.41) is 2.76. The molecule has 0 unspecified atom stereocenters. The van der Waals surface area contributed by atoms with Crippen molar-refractivity contribution >= 4 is 17.7 Å². The minimum atomic E-state index is -0.367. The highest BCUT2D eigenvalue weighted by Crippen LogP contribution is 2.15. The fourth-order valence-electron chi connectivity index (χ4n) is 1.99. The van der Waals surface area contributed by atoms with Crippen LogP contribution in [-0.4, -0.2) is 48.0 Å². The van der Waals surface area contributed by atoms with E-state index in [0.29, 0.717) is 6.54 Å². The highest BCUT2D eigenvalue weighted by Gasteiger charge is 2.23. The predicted octanol–water partition coefficient (Wildman–Crippen LogP) is -0.0907. The van der Waals surface area contributed by atoms with Crippen LogP contribution >= 0.6 is 0 Å². The first-order valence-electron chi connectivity index (χ1n) is 7.00. The zero-order chi connectivity index (χ0) is 15.9. The van der Waals surface area contributed by atoms with Gasteiger partial charge in [0.05, 0.1) is 12.3 Å². The Morgan fingerprint density at radius 3 is 2.52 bits per heavy atom. The molecule has 3 amide bonds. The number of nitrogens with two attached hydrogens (primary N) is 1. The second kappa shape index (κ2) is 7.90. The number of nitrogens with one attached hydrogen (secondary N) is 1. The number of hydrogen-bond donors (Lipinski definition) is 2. The maximum absolute atomic E-state index is 11.6. The van der Waals surface area contributed by atoms with Gasteiger partial charge >= 0.3 is 0 Å². The molecule has 1 rings (SSSR count). The maximum atomic E-state index is 11.6. The molecule has 118 valence electrons. The molecule has 7 nitrogen and oxygen atoms in total. The molecule has 0 spiro atoms. The molecule has 0 saturated heterocycles. The lowest BCUT2D eigenvalue weighted by Crippen LogP contribution is -2.35. The minimum Gasteiger partial charge on any atom is -0.361 e. The highest BCUT2D eigenvalue weighted by molar-refractivity contribution is 6.13. The number of ether oxygens (including phenoxy) is 1. The summed E-state index contributed by atoms with van der Waals surface area (Å²) in [5.41, 5.74) is 5.03. The molecule has 0 bridgehead atoms. The molecule has 0 fully saturated rings. The Hall–Kier alpha value is -1.73. The van der Waals surface area contributed by atoms with Crippen molar-refractivity contribution in [3.8, 4) is 0 Å². The van der Waals surface area contributed by atoms with Crippen LogP contribution in [0.4, 0.5) is 0 Å². The van der Waals surface area contributed by atoms with Gasteiger partial charge in [-0.05, 0) is 26.7 Å². The Kier molecular flexibility index (Phi) is 6.51. The lowest BCUT2D eigenvalue weighted by atomic mass is 10.0. The molecule has 1 aliphatic heterocycles. The molecule has 3 N–H and O–H groups in total. The summed E-state index contributed by atoms with van der Waals surface area (Å²) in [5.74, 6) is -0.915. The lowest BCUT2D eigenvalue weighted by molar-refractivity contribution is -0.137. The van der Waals surface area contributed by atoms with Crippen LogP contribution in [0, 0.1) is 0 Å². The van der Waals surface area contributed by atoms with Crippen molar-refractivity contribution in [1.82, 2.24) is 10.2 Å². The van der Waals surface area contributed by atoms with E-state index >= 15 is 0 Å². The number of hydrogen-bond acceptors (Lipinski definition) is 5. The summed E-state index contributed by atoms with van der Waals surface area (Å²) in [6, 6.07) is 0. The number of carbonyl (C=O) groups excluding carboxylic acids is 3. The van der Waals surface area contributed by atoms with Gasteiger partial charge in [0.2, 0.25) is 5.91 Å². The van der Waals surface area contributed by atoms with Crippen LogP contribution in [-0.2, 0) is 19.1 Å². The normalized spacial score (nSPS) is 14.9. The largest absolute Gasteiger partial charge is 0.361 e. The molecule has 0 aromatic carbocycles. The summed E-state index contributed by atoms with van der Waals surface area (Å²) in [4.78, 5) is 35.3. The third kappa shape index (κ3) is 6.05. The first-order chi connectivity index (χ1) is 9.85. The van der Waals surface area contributed by atoms with E-state index in [-0.39, 0.29) is 43.0 Å². The first-order valence-corrected chi connectivity index (χ1v) is 7.00. The van der Waals surface area contributed by atoms with Crippen molar-refractivity contribution in [2.45, 2.75) is 38.7 Å². The van der Waals surface area contributed by atoms with E-state index in [1.165, 1.54) is 12.2 Å². The van der Waals surface area contributed by atoms with E-state index in [0.717, 1.165) is 17.7 Å². The number of carbonyl (C=O) groups is 3. The minimum absolute atomic E-state index is 0.109. The third-order valence-corrected chi connectivity index (χ3v) is 3.21. The van der Waals surface area contributed by atoms with Crippen LogP contribution in [0.5, 0.6) is 0 Å². The fraction of sp³-hybridized carbons (Fsp3) is 0.643. The van der Waals surface area contributed by atoms with E-state index in [4.69, 9.17) is 10.5 Å². The molecule has 21 heavy (non-hydrogen) atoms. The second-order valence-corrected chi connectivity index (χ2v) is 5.44. The molecule has 0 radical (unpaired) electrons. The van der Waals surface area contributed by atoms with E-state index in [1.54, 1.807) is 0 Å². The van der Waals surface area contributed by atoms with Crippen LogP contribution in [0.25, 0.3) is 0 Å². The average molecular weight is 297 g/mol. The van der Waals surface area contributed by atoms with E-state index in [9.17, 15) is 14.4 Å². The van der Waals surface area contributed by atoms with E-state index in [2.05, 4.69) is 5.32 Å². The SMILES string of the molecule is CC(C)(CCCNC(=O)CCN1C(=O)C=CC1=O)OCN. The van der Waals surface area contributed by atoms with Crippen molar-refractivity contribution in [1.29, 1.82) is 0 Å². The van der Waals surface area contributed by atoms with Gasteiger partial charge in [-0.2, -0.15) is 0 Å². The van der Waals surface area contributed by atoms with Gasteiger partial charge in [-0.25, -0.2) is 0 Å². The Morgan fingerprint density at radius 2 is 1.95 bits per heavy atom. The van der Waals surface area contributed by atoms with Gasteiger partial charge in [-0.15, -0.1) is 0 Å². The molecular weight excluding hydrogens is 274 g/mol. The van der Waals surface area contributed by atoms with Gasteiger partial charge < -0.3 is 15.8 Å². The summed E-state index contributed by atoms with van der Waals surface area (Å²) in [6.45, 7) is 4.69. The van der Waals surface area contributed by atoms with Crippen LogP contribution in [0.15, 0.2) is 12.2 Å². The van der Waals surface area contributed by atoms with Crippen LogP contribution in [0.1, 0.15) is 33.1 Å². The molecule has 1 heterocycles. The van der Waals surface area contributed by atoms with Crippen molar-refractivity contribution in [2.75, 3.05) is 19.8 Å². The molecule has 0 aliphatic carbocycles. The molecule has 7 heteroatoms. The topological polar surface area (TPSA) is 102 Å². The quantitative estimate of drug-likeness (QED) is 0.352. The third-order valence-electron chi connectivity index (χ3n) is 3.21. The average Bonchev–Trinajstić information content (AvgIpc) is 2.72. The van der Waals surface area contributed by atoms with Crippen LogP contribution in [0.2, 0.25) is 0 Å². The van der Waals surface area contributed by atoms with Crippen LogP contribution in [0.3, 0.4) is 0 Å². The number of nitrogens with zero attached hydrogens (tertiary/aromatic N) is 1. The van der Waals surface area contributed by atoms with Gasteiger partial charge in [0.25, 0.3) is 11.8 Å². The fourth-order valence-corrected chi connectivity index (χ4v) is 1.99. The number of amides is 3. The van der Waals surface area contributed by atoms with E-state index in [1.807, 2.05) is 13.8 Å². The summed E-state index contributed by atoms with van der Waals surface area (Å²) >= 11 is 0. The smallest absolute Gasteiger partial charge is 0.253 e. The predicted molar refractivity (Wildman–Crippen MR) is 76.9 cm³/mol. The van der Waals surface area contributed by atoms with Gasteiger partial charge in [0, 0.05) is 31.7 Å². The molecule has 0 aromatic heterocycles. The number of rotatable bonds is 9. The molecule has 0 atom stereocenters. The van der Waals surface area contributed by atoms with Crippen molar-refractivity contribution in [2.24, 2.45) is 5.73 Å². The molecular formula is C14H23N3O4. The van der Waals surface area contributed by atoms with Crippen molar-refractivity contribution in [3.05, 3.63) is 12.2 Å². The van der Waals surface area contributed by atoms with Crippen LogP contribution < -0.4 is 11.1 Å². The maximum Gasteiger partial charge on any atom is 0.253 e. The van der Waals surface area contributed by atoms with Crippen molar-refractivity contribution < 1.29 is 19.1 Å². The zero-order valence-electron chi connectivity index (χ0n) is 12.6. The Balaban J connectivity index is 2.15. The summed E-state index contributed by atoms with van der Waals surface area (Å²) < 4.78 is 5.35. The monoisotopic (exact) mass is 297 g/mol. The standard InChI is InChI=1S/C14H23N3O4/c1-14(2,21-10-15)7-3-8-16-11(18)6-9-17-12(19)4-5-13(17)20/h4-5H,3,6-10,15H2,1-2H3,(H,16,18). The molecule has 0 aromatic rings. The second-order valence-electron chi connectivity index (χ2n) is 5.44. The summed E-state index contributed by atoms with van der Waals surface area (Å²) in [6.07, 6.45) is 4.07. The Labute approximate surface area is 124 Å². The molecule has 0 saturated carbocycles. The highest BCUT2D eigenvalue weighted by atomic mass is 16.5. The molecule has 1 aliphatic rings. The zero-order valence-corrected chi connectivity index (χ0v) is 12.6. The van der Waals surface area contributed by atoms with E-state index < -0.39 is 0 Å². The Morgan fingerprint density at radius 1 is 1.33 bits per heavy atom. The van der Waals surface area contributed by atoms with Gasteiger partial charge in [-0.1, -0.05) is 0 Å².